The molecule has 128 valence electrons. The molecule has 1 aromatic rings. The Morgan fingerprint density at radius 1 is 1.04 bits per heavy atom. The third-order valence-corrected chi connectivity index (χ3v) is 3.37. The van der Waals surface area contributed by atoms with E-state index < -0.39 is 0 Å². The van der Waals surface area contributed by atoms with Crippen LogP contribution in [0.4, 0.5) is 0 Å². The number of carbonyl (C=O) groups excluding carboxylic acids is 2. The second kappa shape index (κ2) is 8.56. The fourth-order valence-corrected chi connectivity index (χ4v) is 2.02. The minimum absolute atomic E-state index is 0.00150. The van der Waals surface area contributed by atoms with Crippen molar-refractivity contribution in [2.75, 3.05) is 19.7 Å². The summed E-state index contributed by atoms with van der Waals surface area (Å²) in [6, 6.07) is 5.76. The Morgan fingerprint density at radius 3 is 2.26 bits per heavy atom. The van der Waals surface area contributed by atoms with E-state index in [1.54, 1.807) is 0 Å². The van der Waals surface area contributed by atoms with Crippen LogP contribution in [-0.4, -0.2) is 31.5 Å². The Bertz CT molecular complexity index is 548. The molecule has 0 aliphatic heterocycles. The number of hydrogen-bond acceptors (Lipinski definition) is 3. The number of nitrogens with one attached hydrogen (secondary N) is 2. The summed E-state index contributed by atoms with van der Waals surface area (Å²) in [5.41, 5.74) is 2.13. The molecule has 5 heteroatoms. The first-order valence-corrected chi connectivity index (χ1v) is 7.91. The molecule has 0 spiro atoms. The smallest absolute Gasteiger partial charge is 0.258 e. The SMILES string of the molecule is Cc1cccc(OCC(=O)NCCNC(=O)CC(C)(C)C)c1C. The van der Waals surface area contributed by atoms with Gasteiger partial charge in [-0.2, -0.15) is 0 Å². The predicted molar refractivity (Wildman–Crippen MR) is 91.5 cm³/mol. The molecule has 2 N–H and O–H groups in total. The molecule has 23 heavy (non-hydrogen) atoms. The van der Waals surface area contributed by atoms with Crippen molar-refractivity contribution in [1.29, 1.82) is 0 Å². The van der Waals surface area contributed by atoms with Crippen LogP contribution in [0.15, 0.2) is 18.2 Å². The number of carbonyl (C=O) groups is 2. The van der Waals surface area contributed by atoms with Gasteiger partial charge >= 0.3 is 0 Å². The highest BCUT2D eigenvalue weighted by Gasteiger charge is 2.15. The van der Waals surface area contributed by atoms with E-state index in [0.717, 1.165) is 16.9 Å². The normalized spacial score (nSPS) is 11.0. The van der Waals surface area contributed by atoms with Crippen LogP contribution >= 0.6 is 0 Å². The summed E-state index contributed by atoms with van der Waals surface area (Å²) >= 11 is 0. The highest BCUT2D eigenvalue weighted by Crippen LogP contribution is 2.20. The first-order chi connectivity index (χ1) is 10.7. The first kappa shape index (κ1) is 19.0. The quantitative estimate of drug-likeness (QED) is 0.758. The zero-order valence-electron chi connectivity index (χ0n) is 14.8. The molecule has 0 aromatic heterocycles. The van der Waals surface area contributed by atoms with Gasteiger partial charge in [0.2, 0.25) is 5.91 Å². The Kier molecular flexibility index (Phi) is 7.07. The lowest BCUT2D eigenvalue weighted by molar-refractivity contribution is -0.124. The number of aryl methyl sites for hydroxylation is 1. The minimum atomic E-state index is -0.198. The van der Waals surface area contributed by atoms with Crippen molar-refractivity contribution >= 4 is 11.8 Å². The minimum Gasteiger partial charge on any atom is -0.483 e. The molecule has 0 atom stereocenters. The summed E-state index contributed by atoms with van der Waals surface area (Å²) in [5, 5.41) is 5.52. The molecule has 0 heterocycles. The van der Waals surface area contributed by atoms with E-state index in [9.17, 15) is 9.59 Å². The third kappa shape index (κ3) is 7.68. The Morgan fingerprint density at radius 2 is 1.65 bits per heavy atom. The van der Waals surface area contributed by atoms with Crippen LogP contribution in [-0.2, 0) is 9.59 Å². The van der Waals surface area contributed by atoms with Gasteiger partial charge in [-0.15, -0.1) is 0 Å². The van der Waals surface area contributed by atoms with Gasteiger partial charge in [-0.3, -0.25) is 9.59 Å². The number of rotatable bonds is 7. The molecule has 0 aliphatic carbocycles. The van der Waals surface area contributed by atoms with E-state index in [0.29, 0.717) is 19.5 Å². The molecular formula is C18H28N2O3. The summed E-state index contributed by atoms with van der Waals surface area (Å²) in [4.78, 5) is 23.4. The van der Waals surface area contributed by atoms with E-state index in [1.807, 2.05) is 52.8 Å². The van der Waals surface area contributed by atoms with Gasteiger partial charge in [0.15, 0.2) is 6.61 Å². The molecule has 0 radical (unpaired) electrons. The molecule has 0 saturated carbocycles. The van der Waals surface area contributed by atoms with Crippen molar-refractivity contribution in [3.05, 3.63) is 29.3 Å². The highest BCUT2D eigenvalue weighted by molar-refractivity contribution is 5.78. The highest BCUT2D eigenvalue weighted by atomic mass is 16.5. The number of hydrogen-bond donors (Lipinski definition) is 2. The lowest BCUT2D eigenvalue weighted by Crippen LogP contribution is -2.37. The van der Waals surface area contributed by atoms with E-state index in [1.165, 1.54) is 0 Å². The van der Waals surface area contributed by atoms with Gasteiger partial charge in [0, 0.05) is 19.5 Å². The maximum atomic E-state index is 11.7. The maximum absolute atomic E-state index is 11.7. The van der Waals surface area contributed by atoms with Crippen molar-refractivity contribution in [1.82, 2.24) is 10.6 Å². The van der Waals surface area contributed by atoms with Gasteiger partial charge in [0.05, 0.1) is 0 Å². The summed E-state index contributed by atoms with van der Waals surface area (Å²) in [6.45, 7) is 10.8. The van der Waals surface area contributed by atoms with Gasteiger partial charge in [-0.1, -0.05) is 32.9 Å². The van der Waals surface area contributed by atoms with Gasteiger partial charge < -0.3 is 15.4 Å². The summed E-state index contributed by atoms with van der Waals surface area (Å²) in [6.07, 6.45) is 0.469. The zero-order chi connectivity index (χ0) is 17.5. The fourth-order valence-electron chi connectivity index (χ4n) is 2.02. The monoisotopic (exact) mass is 320 g/mol. The largest absolute Gasteiger partial charge is 0.483 e. The van der Waals surface area contributed by atoms with Crippen LogP contribution in [0.5, 0.6) is 5.75 Å². The summed E-state index contributed by atoms with van der Waals surface area (Å²) < 4.78 is 5.52. The summed E-state index contributed by atoms with van der Waals surface area (Å²) in [7, 11) is 0. The molecule has 1 aromatic carbocycles. The zero-order valence-corrected chi connectivity index (χ0v) is 14.8. The van der Waals surface area contributed by atoms with Crippen molar-refractivity contribution in [2.45, 2.75) is 41.0 Å². The topological polar surface area (TPSA) is 67.4 Å². The summed E-state index contributed by atoms with van der Waals surface area (Å²) in [5.74, 6) is 0.521. The Hall–Kier alpha value is -2.04. The first-order valence-electron chi connectivity index (χ1n) is 7.91. The molecule has 0 fully saturated rings. The average molecular weight is 320 g/mol. The number of ether oxygens (including phenoxy) is 1. The molecular weight excluding hydrogens is 292 g/mol. The van der Waals surface area contributed by atoms with Gasteiger partial charge in [0.25, 0.3) is 5.91 Å². The maximum Gasteiger partial charge on any atom is 0.258 e. The van der Waals surface area contributed by atoms with Crippen LogP contribution in [0, 0.1) is 19.3 Å². The number of amides is 2. The Balaban J connectivity index is 2.23. The van der Waals surface area contributed by atoms with Crippen molar-refractivity contribution in [3.8, 4) is 5.75 Å². The Labute approximate surface area is 138 Å². The standard InChI is InChI=1S/C18H28N2O3/c1-13-7-6-8-15(14(13)2)23-12-17(22)20-10-9-19-16(21)11-18(3,4)5/h6-8H,9-12H2,1-5H3,(H,19,21)(H,20,22). The lowest BCUT2D eigenvalue weighted by atomic mass is 9.92. The van der Waals surface area contributed by atoms with Crippen molar-refractivity contribution < 1.29 is 14.3 Å². The van der Waals surface area contributed by atoms with Gasteiger partial charge in [-0.05, 0) is 36.5 Å². The van der Waals surface area contributed by atoms with E-state index >= 15 is 0 Å². The lowest BCUT2D eigenvalue weighted by Gasteiger charge is -2.17. The fraction of sp³-hybridized carbons (Fsp3) is 0.556. The molecule has 0 bridgehead atoms. The molecule has 2 amide bonds. The molecule has 1 rings (SSSR count). The molecule has 0 saturated heterocycles. The van der Waals surface area contributed by atoms with Gasteiger partial charge in [-0.25, -0.2) is 0 Å². The van der Waals surface area contributed by atoms with Gasteiger partial charge in [0.1, 0.15) is 5.75 Å². The van der Waals surface area contributed by atoms with E-state index in [-0.39, 0.29) is 23.8 Å². The van der Waals surface area contributed by atoms with Crippen LogP contribution in [0.25, 0.3) is 0 Å². The third-order valence-electron chi connectivity index (χ3n) is 3.37. The average Bonchev–Trinajstić information content (AvgIpc) is 2.43. The molecule has 5 nitrogen and oxygen atoms in total. The molecule has 0 unspecified atom stereocenters. The van der Waals surface area contributed by atoms with E-state index in [2.05, 4.69) is 10.6 Å². The van der Waals surface area contributed by atoms with Crippen molar-refractivity contribution in [2.24, 2.45) is 5.41 Å². The van der Waals surface area contributed by atoms with Crippen LogP contribution < -0.4 is 15.4 Å². The van der Waals surface area contributed by atoms with E-state index in [4.69, 9.17) is 4.74 Å². The second-order valence-electron chi connectivity index (χ2n) is 6.92. The second-order valence-corrected chi connectivity index (χ2v) is 6.92. The van der Waals surface area contributed by atoms with Crippen LogP contribution in [0.1, 0.15) is 38.3 Å². The van der Waals surface area contributed by atoms with Crippen molar-refractivity contribution in [3.63, 3.8) is 0 Å². The number of benzene rings is 1. The van der Waals surface area contributed by atoms with Crippen LogP contribution in [0.3, 0.4) is 0 Å². The molecule has 0 aliphatic rings. The van der Waals surface area contributed by atoms with Crippen LogP contribution in [0.2, 0.25) is 0 Å². The predicted octanol–water partition coefficient (Wildman–Crippen LogP) is 2.35.